The molecule has 2 aromatic heterocycles. The molecular formula is C26H28FN5O3. The minimum absolute atomic E-state index is 0.0453. The monoisotopic (exact) mass is 477 g/mol. The van der Waals surface area contributed by atoms with Crippen LogP contribution >= 0.6 is 0 Å². The van der Waals surface area contributed by atoms with Crippen molar-refractivity contribution in [1.82, 2.24) is 9.97 Å². The lowest BCUT2D eigenvalue weighted by atomic mass is 10.1. The van der Waals surface area contributed by atoms with Gasteiger partial charge in [0.15, 0.2) is 11.6 Å². The normalized spacial score (nSPS) is 11.0. The molecule has 9 heteroatoms. The van der Waals surface area contributed by atoms with E-state index in [9.17, 15) is 0 Å². The van der Waals surface area contributed by atoms with E-state index >= 15 is 4.39 Å². The van der Waals surface area contributed by atoms with Gasteiger partial charge in [-0.2, -0.15) is 0 Å². The van der Waals surface area contributed by atoms with Crippen LogP contribution in [-0.4, -0.2) is 28.5 Å². The number of hydrogen-bond donors (Lipinski definition) is 3. The number of anilines is 2. The van der Waals surface area contributed by atoms with Gasteiger partial charge in [-0.05, 0) is 51.1 Å². The van der Waals surface area contributed by atoms with Crippen molar-refractivity contribution in [2.24, 2.45) is 5.73 Å². The summed E-state index contributed by atoms with van der Waals surface area (Å²) in [7, 11) is 0. The molecule has 4 rings (SSSR count). The Labute approximate surface area is 203 Å². The third kappa shape index (κ3) is 5.46. The van der Waals surface area contributed by atoms with Crippen LogP contribution in [0.4, 0.5) is 15.8 Å². The van der Waals surface area contributed by atoms with Crippen LogP contribution in [-0.2, 0) is 6.54 Å². The Balaban J connectivity index is 1.79. The number of furan rings is 1. The molecule has 0 spiro atoms. The highest BCUT2D eigenvalue weighted by atomic mass is 19.1. The van der Waals surface area contributed by atoms with Crippen LogP contribution in [0.3, 0.4) is 0 Å². The Morgan fingerprint density at radius 3 is 2.63 bits per heavy atom. The zero-order valence-corrected chi connectivity index (χ0v) is 19.8. The van der Waals surface area contributed by atoms with E-state index in [0.717, 1.165) is 5.56 Å². The second-order valence-corrected chi connectivity index (χ2v) is 8.15. The summed E-state index contributed by atoms with van der Waals surface area (Å²) in [6, 6.07) is 12.0. The topological polar surface area (TPSA) is 113 Å². The second-order valence-electron chi connectivity index (χ2n) is 8.15. The third-order valence-corrected chi connectivity index (χ3v) is 5.20. The Bertz CT molecular complexity index is 1280. The number of amidine groups is 1. The van der Waals surface area contributed by atoms with E-state index in [4.69, 9.17) is 25.0 Å². The van der Waals surface area contributed by atoms with E-state index in [-0.39, 0.29) is 29.9 Å². The van der Waals surface area contributed by atoms with Gasteiger partial charge in [0.05, 0.1) is 43.2 Å². The average molecular weight is 478 g/mol. The highest BCUT2D eigenvalue weighted by Crippen LogP contribution is 2.38. The molecule has 4 aromatic rings. The molecule has 8 nitrogen and oxygen atoms in total. The van der Waals surface area contributed by atoms with Crippen molar-refractivity contribution in [3.63, 3.8) is 0 Å². The lowest BCUT2D eigenvalue weighted by molar-refractivity contribution is 0.229. The maximum Gasteiger partial charge on any atom is 0.188 e. The number of nitrogen functional groups attached to an aromatic ring is 1. The number of aromatic nitrogens is 2. The fraction of sp³-hybridized carbons (Fsp3) is 0.231. The number of hydrogen-bond acceptors (Lipinski definition) is 6. The summed E-state index contributed by atoms with van der Waals surface area (Å²) in [6.45, 7) is 6.19. The first-order chi connectivity index (χ1) is 16.9. The highest BCUT2D eigenvalue weighted by molar-refractivity contribution is 5.95. The molecule has 0 radical (unpaired) electrons. The number of halogens is 1. The van der Waals surface area contributed by atoms with Gasteiger partial charge < -0.3 is 29.5 Å². The van der Waals surface area contributed by atoms with E-state index in [2.05, 4.69) is 9.97 Å². The van der Waals surface area contributed by atoms with Gasteiger partial charge in [0.2, 0.25) is 0 Å². The number of rotatable bonds is 10. The van der Waals surface area contributed by atoms with Gasteiger partial charge in [0.25, 0.3) is 0 Å². The molecule has 0 amide bonds. The first kappa shape index (κ1) is 23.9. The van der Waals surface area contributed by atoms with Crippen molar-refractivity contribution in [3.8, 4) is 22.8 Å². The average Bonchev–Trinajstić information content (AvgIpc) is 3.52. The molecule has 0 atom stereocenters. The van der Waals surface area contributed by atoms with Gasteiger partial charge in [0.1, 0.15) is 17.4 Å². The van der Waals surface area contributed by atoms with E-state index in [1.807, 2.05) is 26.8 Å². The lowest BCUT2D eigenvalue weighted by Crippen LogP contribution is -2.20. The van der Waals surface area contributed by atoms with Crippen molar-refractivity contribution in [3.05, 3.63) is 78.4 Å². The molecule has 182 valence electrons. The summed E-state index contributed by atoms with van der Waals surface area (Å²) in [4.78, 5) is 9.59. The Morgan fingerprint density at radius 1 is 1.23 bits per heavy atom. The Kier molecular flexibility index (Phi) is 7.05. The molecule has 0 saturated heterocycles. The van der Waals surface area contributed by atoms with Gasteiger partial charge in [-0.3, -0.25) is 5.41 Å². The van der Waals surface area contributed by atoms with Crippen LogP contribution in [0.25, 0.3) is 11.3 Å². The van der Waals surface area contributed by atoms with Gasteiger partial charge in [-0.1, -0.05) is 0 Å². The molecule has 0 aliphatic heterocycles. The minimum atomic E-state index is -0.514. The maximum absolute atomic E-state index is 15.8. The SMILES string of the molecule is CCOc1cc(OC(C)C)c(F)c(N(Cc2nc(-c3ccoc3)c[nH]2)c2ccc(C(=N)N)cc2)c1. The van der Waals surface area contributed by atoms with Crippen molar-refractivity contribution in [2.45, 2.75) is 33.4 Å². The third-order valence-electron chi connectivity index (χ3n) is 5.20. The zero-order valence-electron chi connectivity index (χ0n) is 19.8. The number of benzene rings is 2. The zero-order chi connectivity index (χ0) is 24.9. The van der Waals surface area contributed by atoms with Gasteiger partial charge in [-0.25, -0.2) is 9.37 Å². The number of ether oxygens (including phenoxy) is 2. The highest BCUT2D eigenvalue weighted by Gasteiger charge is 2.22. The van der Waals surface area contributed by atoms with Crippen LogP contribution < -0.4 is 20.1 Å². The van der Waals surface area contributed by atoms with Crippen LogP contribution in [0, 0.1) is 11.2 Å². The fourth-order valence-electron chi connectivity index (χ4n) is 3.63. The molecule has 4 N–H and O–H groups in total. The summed E-state index contributed by atoms with van der Waals surface area (Å²) in [6.07, 6.45) is 4.74. The maximum atomic E-state index is 15.8. The van der Waals surface area contributed by atoms with Crippen molar-refractivity contribution >= 4 is 17.2 Å². The van der Waals surface area contributed by atoms with E-state index in [1.54, 1.807) is 60.0 Å². The smallest absolute Gasteiger partial charge is 0.188 e. The van der Waals surface area contributed by atoms with Crippen molar-refractivity contribution in [1.29, 1.82) is 5.41 Å². The molecule has 35 heavy (non-hydrogen) atoms. The second kappa shape index (κ2) is 10.3. The number of nitrogens with one attached hydrogen (secondary N) is 2. The molecular weight excluding hydrogens is 449 g/mol. The molecule has 2 aromatic carbocycles. The summed E-state index contributed by atoms with van der Waals surface area (Å²) in [5.74, 6) is 0.646. The molecule has 0 unspecified atom stereocenters. The van der Waals surface area contributed by atoms with E-state index in [0.29, 0.717) is 35.1 Å². The quantitative estimate of drug-likeness (QED) is 0.202. The minimum Gasteiger partial charge on any atom is -0.494 e. The molecule has 0 saturated carbocycles. The van der Waals surface area contributed by atoms with Crippen molar-refractivity contribution in [2.75, 3.05) is 11.5 Å². The van der Waals surface area contributed by atoms with Crippen LogP contribution in [0.2, 0.25) is 0 Å². The van der Waals surface area contributed by atoms with Crippen LogP contribution in [0.5, 0.6) is 11.5 Å². The molecule has 0 aliphatic carbocycles. The van der Waals surface area contributed by atoms with E-state index in [1.165, 1.54) is 0 Å². The molecule has 0 bridgehead atoms. The number of aromatic amines is 1. The Morgan fingerprint density at radius 2 is 2.00 bits per heavy atom. The molecule has 0 aliphatic rings. The summed E-state index contributed by atoms with van der Waals surface area (Å²) in [5.41, 5.74) is 8.69. The van der Waals surface area contributed by atoms with Crippen LogP contribution in [0.15, 0.2) is 65.6 Å². The Hall–Kier alpha value is -4.27. The first-order valence-electron chi connectivity index (χ1n) is 11.3. The summed E-state index contributed by atoms with van der Waals surface area (Å²) in [5, 5.41) is 7.68. The lowest BCUT2D eigenvalue weighted by Gasteiger charge is -2.26. The summed E-state index contributed by atoms with van der Waals surface area (Å²) < 4.78 is 32.4. The van der Waals surface area contributed by atoms with Gasteiger partial charge in [-0.15, -0.1) is 0 Å². The standard InChI is InChI=1S/C26H28FN5O3/c1-4-34-20-11-22(25(27)23(12-20)35-16(2)3)32(19-7-5-17(6-8-19)26(28)29)14-24-30-13-21(31-24)18-9-10-33-15-18/h5-13,15-16H,4,14H2,1-3H3,(H3,28,29)(H,30,31). The van der Waals surface area contributed by atoms with Crippen LogP contribution in [0.1, 0.15) is 32.2 Å². The number of nitrogens with zero attached hydrogens (tertiary/aromatic N) is 2. The molecule has 2 heterocycles. The number of nitrogens with two attached hydrogens (primary N) is 1. The predicted octanol–water partition coefficient (Wildman–Crippen LogP) is 5.62. The van der Waals surface area contributed by atoms with Crippen molar-refractivity contribution < 1.29 is 18.3 Å². The van der Waals surface area contributed by atoms with Gasteiger partial charge >= 0.3 is 0 Å². The van der Waals surface area contributed by atoms with Gasteiger partial charge in [0, 0.05) is 35.1 Å². The van der Waals surface area contributed by atoms with E-state index < -0.39 is 5.82 Å². The fourth-order valence-corrected chi connectivity index (χ4v) is 3.63. The molecule has 0 fully saturated rings. The first-order valence-corrected chi connectivity index (χ1v) is 11.3. The largest absolute Gasteiger partial charge is 0.494 e. The number of imidazole rings is 1. The predicted molar refractivity (Wildman–Crippen MR) is 133 cm³/mol. The number of H-pyrrole nitrogens is 1. The summed E-state index contributed by atoms with van der Waals surface area (Å²) >= 11 is 0.